The SMILES string of the molecule is CN[C@@H](CCCC=O)C(C)=O. The van der Waals surface area contributed by atoms with Crippen LogP contribution in [0.25, 0.3) is 0 Å². The summed E-state index contributed by atoms with van der Waals surface area (Å²) < 4.78 is 0. The maximum Gasteiger partial charge on any atom is 0.146 e. The quantitative estimate of drug-likeness (QED) is 0.452. The molecule has 3 heteroatoms. The fraction of sp³-hybridized carbons (Fsp3) is 0.750. The summed E-state index contributed by atoms with van der Waals surface area (Å²) in [5, 5.41) is 2.89. The first-order chi connectivity index (χ1) is 5.22. The standard InChI is InChI=1S/C8H15NO2/c1-7(11)8(9-2)5-3-4-6-10/h6,8-9H,3-5H2,1-2H3/t8-/m0/s1. The van der Waals surface area contributed by atoms with Gasteiger partial charge in [-0.05, 0) is 26.8 Å². The second-order valence-electron chi connectivity index (χ2n) is 2.55. The Balaban J connectivity index is 3.52. The summed E-state index contributed by atoms with van der Waals surface area (Å²) in [6, 6.07) is -0.0741. The molecule has 0 saturated heterocycles. The fourth-order valence-electron chi connectivity index (χ4n) is 0.956. The molecule has 0 aromatic carbocycles. The summed E-state index contributed by atoms with van der Waals surface area (Å²) in [6.45, 7) is 1.56. The molecule has 0 aliphatic carbocycles. The Kier molecular flexibility index (Phi) is 5.65. The summed E-state index contributed by atoms with van der Waals surface area (Å²) in [4.78, 5) is 20.8. The van der Waals surface area contributed by atoms with Gasteiger partial charge in [0.2, 0.25) is 0 Å². The average molecular weight is 157 g/mol. The molecule has 0 bridgehead atoms. The molecule has 0 heterocycles. The number of Topliss-reactive ketones (excluding diaryl/α,β-unsaturated/α-hetero) is 1. The van der Waals surface area contributed by atoms with Crippen LogP contribution in [-0.4, -0.2) is 25.2 Å². The van der Waals surface area contributed by atoms with E-state index in [2.05, 4.69) is 5.32 Å². The molecule has 0 amide bonds. The second-order valence-corrected chi connectivity index (χ2v) is 2.55. The molecular formula is C8H15NO2. The van der Waals surface area contributed by atoms with Gasteiger partial charge in [-0.3, -0.25) is 4.79 Å². The van der Waals surface area contributed by atoms with Crippen LogP contribution in [0.5, 0.6) is 0 Å². The van der Waals surface area contributed by atoms with Crippen molar-refractivity contribution in [1.82, 2.24) is 5.32 Å². The van der Waals surface area contributed by atoms with Crippen molar-refractivity contribution in [3.8, 4) is 0 Å². The van der Waals surface area contributed by atoms with Crippen LogP contribution in [0.1, 0.15) is 26.2 Å². The highest BCUT2D eigenvalue weighted by molar-refractivity contribution is 5.81. The molecule has 3 nitrogen and oxygen atoms in total. The lowest BCUT2D eigenvalue weighted by Gasteiger charge is -2.10. The molecular weight excluding hydrogens is 142 g/mol. The lowest BCUT2D eigenvalue weighted by Crippen LogP contribution is -2.32. The highest BCUT2D eigenvalue weighted by Crippen LogP contribution is 1.99. The van der Waals surface area contributed by atoms with Crippen LogP contribution in [0.3, 0.4) is 0 Å². The van der Waals surface area contributed by atoms with Crippen LogP contribution < -0.4 is 5.32 Å². The topological polar surface area (TPSA) is 46.2 Å². The maximum atomic E-state index is 10.8. The van der Waals surface area contributed by atoms with Gasteiger partial charge in [-0.1, -0.05) is 0 Å². The zero-order valence-corrected chi connectivity index (χ0v) is 7.09. The number of carbonyl (C=O) groups is 2. The van der Waals surface area contributed by atoms with Crippen LogP contribution in [0.4, 0.5) is 0 Å². The van der Waals surface area contributed by atoms with E-state index in [9.17, 15) is 9.59 Å². The number of hydrogen-bond donors (Lipinski definition) is 1. The van der Waals surface area contributed by atoms with Crippen molar-refractivity contribution in [2.75, 3.05) is 7.05 Å². The van der Waals surface area contributed by atoms with Crippen molar-refractivity contribution in [3.05, 3.63) is 0 Å². The largest absolute Gasteiger partial charge is 0.311 e. The second kappa shape index (κ2) is 6.04. The number of hydrogen-bond acceptors (Lipinski definition) is 3. The fourth-order valence-corrected chi connectivity index (χ4v) is 0.956. The Morgan fingerprint density at radius 1 is 1.64 bits per heavy atom. The van der Waals surface area contributed by atoms with E-state index in [1.54, 1.807) is 14.0 Å². The summed E-state index contributed by atoms with van der Waals surface area (Å²) in [6.07, 6.45) is 2.97. The van der Waals surface area contributed by atoms with E-state index in [0.717, 1.165) is 19.1 Å². The van der Waals surface area contributed by atoms with E-state index in [1.807, 2.05) is 0 Å². The van der Waals surface area contributed by atoms with Gasteiger partial charge < -0.3 is 10.1 Å². The molecule has 0 unspecified atom stereocenters. The van der Waals surface area contributed by atoms with Crippen molar-refractivity contribution >= 4 is 12.1 Å². The van der Waals surface area contributed by atoms with Gasteiger partial charge in [0.05, 0.1) is 6.04 Å². The predicted molar refractivity (Wildman–Crippen MR) is 43.4 cm³/mol. The molecule has 0 rings (SSSR count). The van der Waals surface area contributed by atoms with Gasteiger partial charge in [-0.25, -0.2) is 0 Å². The van der Waals surface area contributed by atoms with Crippen molar-refractivity contribution in [2.45, 2.75) is 32.2 Å². The molecule has 0 saturated carbocycles. The van der Waals surface area contributed by atoms with Gasteiger partial charge in [0, 0.05) is 6.42 Å². The number of unbranched alkanes of at least 4 members (excludes halogenated alkanes) is 1. The minimum Gasteiger partial charge on any atom is -0.311 e. The van der Waals surface area contributed by atoms with Crippen molar-refractivity contribution < 1.29 is 9.59 Å². The lowest BCUT2D eigenvalue weighted by molar-refractivity contribution is -0.119. The van der Waals surface area contributed by atoms with Crippen molar-refractivity contribution in [3.63, 3.8) is 0 Å². The molecule has 64 valence electrons. The van der Waals surface area contributed by atoms with Gasteiger partial charge in [-0.2, -0.15) is 0 Å². The summed E-state index contributed by atoms with van der Waals surface area (Å²) in [5.74, 6) is 0.137. The average Bonchev–Trinajstić information content (AvgIpc) is 1.97. The van der Waals surface area contributed by atoms with E-state index in [0.29, 0.717) is 6.42 Å². The van der Waals surface area contributed by atoms with E-state index in [4.69, 9.17) is 0 Å². The highest BCUT2D eigenvalue weighted by atomic mass is 16.1. The molecule has 0 aliphatic heterocycles. The normalized spacial score (nSPS) is 12.5. The van der Waals surface area contributed by atoms with Crippen LogP contribution in [0.2, 0.25) is 0 Å². The number of ketones is 1. The number of likely N-dealkylation sites (N-methyl/N-ethyl adjacent to an activating group) is 1. The van der Waals surface area contributed by atoms with Gasteiger partial charge in [0.1, 0.15) is 12.1 Å². The first kappa shape index (κ1) is 10.3. The molecule has 0 radical (unpaired) electrons. The van der Waals surface area contributed by atoms with Gasteiger partial charge >= 0.3 is 0 Å². The Labute approximate surface area is 67.2 Å². The Hall–Kier alpha value is -0.700. The first-order valence-electron chi connectivity index (χ1n) is 3.83. The molecule has 1 atom stereocenters. The number of rotatable bonds is 6. The number of carbonyl (C=O) groups excluding carboxylic acids is 2. The maximum absolute atomic E-state index is 10.8. The minimum absolute atomic E-state index is 0.0741. The van der Waals surface area contributed by atoms with E-state index < -0.39 is 0 Å². The monoisotopic (exact) mass is 157 g/mol. The molecule has 1 N–H and O–H groups in total. The summed E-state index contributed by atoms with van der Waals surface area (Å²) >= 11 is 0. The number of aldehydes is 1. The van der Waals surface area contributed by atoms with E-state index in [-0.39, 0.29) is 11.8 Å². The molecule has 0 aromatic heterocycles. The third kappa shape index (κ3) is 4.67. The summed E-state index contributed by atoms with van der Waals surface area (Å²) in [5.41, 5.74) is 0. The molecule has 0 spiro atoms. The van der Waals surface area contributed by atoms with Crippen molar-refractivity contribution in [2.24, 2.45) is 0 Å². The van der Waals surface area contributed by atoms with Crippen LogP contribution in [0, 0.1) is 0 Å². The molecule has 11 heavy (non-hydrogen) atoms. The Bertz CT molecular complexity index is 134. The minimum atomic E-state index is -0.0741. The zero-order valence-electron chi connectivity index (χ0n) is 7.09. The number of nitrogens with one attached hydrogen (secondary N) is 1. The smallest absolute Gasteiger partial charge is 0.146 e. The lowest BCUT2D eigenvalue weighted by atomic mass is 10.1. The Morgan fingerprint density at radius 2 is 2.27 bits per heavy atom. The van der Waals surface area contributed by atoms with E-state index >= 15 is 0 Å². The summed E-state index contributed by atoms with van der Waals surface area (Å²) in [7, 11) is 1.76. The molecule has 0 fully saturated rings. The van der Waals surface area contributed by atoms with Gasteiger partial charge in [0.25, 0.3) is 0 Å². The third-order valence-corrected chi connectivity index (χ3v) is 1.65. The Morgan fingerprint density at radius 3 is 2.64 bits per heavy atom. The van der Waals surface area contributed by atoms with Crippen LogP contribution in [0.15, 0.2) is 0 Å². The predicted octanol–water partition coefficient (Wildman–Crippen LogP) is 0.533. The van der Waals surface area contributed by atoms with Gasteiger partial charge in [0.15, 0.2) is 0 Å². The zero-order chi connectivity index (χ0) is 8.69. The van der Waals surface area contributed by atoms with Crippen LogP contribution >= 0.6 is 0 Å². The highest BCUT2D eigenvalue weighted by Gasteiger charge is 2.09. The first-order valence-corrected chi connectivity index (χ1v) is 3.83. The van der Waals surface area contributed by atoms with Crippen LogP contribution in [-0.2, 0) is 9.59 Å². The van der Waals surface area contributed by atoms with Crippen molar-refractivity contribution in [1.29, 1.82) is 0 Å². The van der Waals surface area contributed by atoms with Gasteiger partial charge in [-0.15, -0.1) is 0 Å². The van der Waals surface area contributed by atoms with E-state index in [1.165, 1.54) is 0 Å². The molecule has 0 aromatic rings. The third-order valence-electron chi connectivity index (χ3n) is 1.65. The molecule has 0 aliphatic rings.